The van der Waals surface area contributed by atoms with Crippen LogP contribution in [0.25, 0.3) is 11.4 Å². The van der Waals surface area contributed by atoms with Crippen molar-refractivity contribution in [2.24, 2.45) is 0 Å². The second kappa shape index (κ2) is 10.7. The number of fused-ring (bicyclic) bond motifs is 3. The van der Waals surface area contributed by atoms with Crippen LogP contribution in [-0.2, 0) is 36.4 Å². The average molecular weight is 516 g/mol. The first-order valence-corrected chi connectivity index (χ1v) is 13.6. The lowest BCUT2D eigenvalue weighted by atomic mass is 10.0. The Bertz CT molecular complexity index is 1310. The van der Waals surface area contributed by atoms with E-state index in [1.54, 1.807) is 31.0 Å². The van der Waals surface area contributed by atoms with Crippen molar-refractivity contribution in [3.63, 3.8) is 0 Å². The van der Waals surface area contributed by atoms with Crippen LogP contribution in [0.15, 0.2) is 30.6 Å². The van der Waals surface area contributed by atoms with Gasteiger partial charge in [-0.1, -0.05) is 17.7 Å². The smallest absolute Gasteiger partial charge is 0.166 e. The molecule has 2 aromatic heterocycles. The maximum atomic E-state index is 13.7. The van der Waals surface area contributed by atoms with Crippen LogP contribution in [0.1, 0.15) is 61.4 Å². The van der Waals surface area contributed by atoms with Crippen LogP contribution in [0, 0.1) is 13.8 Å². The Morgan fingerprint density at radius 3 is 2.50 bits per heavy atom. The molecule has 1 aliphatic rings. The molecular formula is C25H33N5O5S. The highest BCUT2D eigenvalue weighted by molar-refractivity contribution is 7.91. The molecule has 36 heavy (non-hydrogen) atoms. The fraction of sp³-hybridized carbons (Fsp3) is 0.520. The Morgan fingerprint density at radius 1 is 1.11 bits per heavy atom. The molecule has 3 heterocycles. The third-order valence-electron chi connectivity index (χ3n) is 6.10. The molecule has 0 radical (unpaired) electrons. The third kappa shape index (κ3) is 5.49. The van der Waals surface area contributed by atoms with Gasteiger partial charge in [-0.2, -0.15) is 0 Å². The van der Waals surface area contributed by atoms with Crippen molar-refractivity contribution in [2.75, 3.05) is 13.7 Å². The summed E-state index contributed by atoms with van der Waals surface area (Å²) in [7, 11) is -2.21. The predicted octanol–water partition coefficient (Wildman–Crippen LogP) is 3.50. The minimum absolute atomic E-state index is 0.219. The zero-order valence-corrected chi connectivity index (χ0v) is 22.3. The second-order valence-electron chi connectivity index (χ2n) is 9.43. The maximum Gasteiger partial charge on any atom is 0.166 e. The molecule has 11 heteroatoms. The van der Waals surface area contributed by atoms with Crippen LogP contribution in [0.2, 0.25) is 0 Å². The molecule has 1 aliphatic heterocycles. The van der Waals surface area contributed by atoms with Crippen molar-refractivity contribution in [1.82, 2.24) is 24.7 Å². The number of hydrogen-bond acceptors (Lipinski definition) is 9. The third-order valence-corrected chi connectivity index (χ3v) is 8.14. The topological polar surface area (TPSA) is 118 Å². The normalized spacial score (nSPS) is 17.4. The number of hydrogen-bond donors (Lipinski definition) is 0. The first-order valence-electron chi connectivity index (χ1n) is 11.9. The molecule has 0 unspecified atom stereocenters. The van der Waals surface area contributed by atoms with Gasteiger partial charge in [-0.25, -0.2) is 18.4 Å². The number of aromatic nitrogens is 5. The van der Waals surface area contributed by atoms with Crippen LogP contribution >= 0.6 is 0 Å². The minimum atomic E-state index is -3.78. The summed E-state index contributed by atoms with van der Waals surface area (Å²) in [6.45, 7) is 9.76. The average Bonchev–Trinajstić information content (AvgIpc) is 3.16. The van der Waals surface area contributed by atoms with Gasteiger partial charge in [-0.15, -0.1) is 10.2 Å². The zero-order valence-electron chi connectivity index (χ0n) is 21.5. The van der Waals surface area contributed by atoms with Gasteiger partial charge in [0.2, 0.25) is 0 Å². The molecule has 0 aliphatic carbocycles. The summed E-state index contributed by atoms with van der Waals surface area (Å²) < 4.78 is 46.6. The van der Waals surface area contributed by atoms with E-state index in [0.717, 1.165) is 22.3 Å². The molecule has 0 N–H and O–H groups in total. The second-order valence-corrected chi connectivity index (χ2v) is 11.8. The Balaban J connectivity index is 1.72. The quantitative estimate of drug-likeness (QED) is 0.422. The summed E-state index contributed by atoms with van der Waals surface area (Å²) in [5, 5.41) is 7.76. The molecule has 3 atom stereocenters. The van der Waals surface area contributed by atoms with Crippen molar-refractivity contribution in [2.45, 2.75) is 70.7 Å². The van der Waals surface area contributed by atoms with E-state index in [-0.39, 0.29) is 24.3 Å². The molecule has 0 saturated heterocycles. The maximum absolute atomic E-state index is 13.7. The van der Waals surface area contributed by atoms with Crippen LogP contribution in [0.5, 0.6) is 0 Å². The number of rotatable bonds is 9. The summed E-state index contributed by atoms with van der Waals surface area (Å²) in [5.41, 5.74) is 3.76. The highest BCUT2D eigenvalue weighted by Crippen LogP contribution is 2.34. The van der Waals surface area contributed by atoms with E-state index < -0.39 is 27.4 Å². The van der Waals surface area contributed by atoms with Crippen molar-refractivity contribution in [3.8, 4) is 11.4 Å². The Kier molecular flexibility index (Phi) is 7.84. The van der Waals surface area contributed by atoms with Crippen LogP contribution in [-0.4, -0.2) is 58.2 Å². The Hall–Kier alpha value is -2.73. The molecule has 0 fully saturated rings. The fourth-order valence-electron chi connectivity index (χ4n) is 4.18. The molecule has 1 aromatic carbocycles. The number of benzene rings is 1. The van der Waals surface area contributed by atoms with Gasteiger partial charge in [0.1, 0.15) is 11.9 Å². The van der Waals surface area contributed by atoms with Crippen molar-refractivity contribution < 1.29 is 22.6 Å². The number of nitrogens with zero attached hydrogens (tertiary/aromatic N) is 5. The molecule has 0 spiro atoms. The predicted molar refractivity (Wildman–Crippen MR) is 134 cm³/mol. The van der Waals surface area contributed by atoms with Crippen molar-refractivity contribution in [3.05, 3.63) is 58.9 Å². The summed E-state index contributed by atoms with van der Waals surface area (Å²) in [4.78, 5) is 8.69. The van der Waals surface area contributed by atoms with E-state index in [1.165, 1.54) is 0 Å². The Morgan fingerprint density at radius 2 is 1.83 bits per heavy atom. The van der Waals surface area contributed by atoms with Crippen LogP contribution < -0.4 is 0 Å². The van der Waals surface area contributed by atoms with Crippen LogP contribution in [0.4, 0.5) is 0 Å². The van der Waals surface area contributed by atoms with E-state index in [9.17, 15) is 8.42 Å². The van der Waals surface area contributed by atoms with E-state index in [2.05, 4.69) is 20.2 Å². The number of ether oxygens (including phenoxy) is 3. The van der Waals surface area contributed by atoms with E-state index in [0.29, 0.717) is 18.3 Å². The molecule has 0 bridgehead atoms. The van der Waals surface area contributed by atoms with Gasteiger partial charge in [0, 0.05) is 25.1 Å². The van der Waals surface area contributed by atoms with Gasteiger partial charge in [-0.05, 0) is 51.8 Å². The molecule has 194 valence electrons. The van der Waals surface area contributed by atoms with Gasteiger partial charge in [-0.3, -0.25) is 4.57 Å². The number of aryl methyl sites for hydroxylation is 2. The summed E-state index contributed by atoms with van der Waals surface area (Å²) in [5.74, 6) is 0.815. The molecule has 4 rings (SSSR count). The largest absolute Gasteiger partial charge is 0.380 e. The number of sulfone groups is 1. The first kappa shape index (κ1) is 26.3. The van der Waals surface area contributed by atoms with Gasteiger partial charge >= 0.3 is 0 Å². The molecular weight excluding hydrogens is 482 g/mol. The van der Waals surface area contributed by atoms with E-state index >= 15 is 0 Å². The molecule has 0 amide bonds. The van der Waals surface area contributed by atoms with Crippen molar-refractivity contribution in [1.29, 1.82) is 0 Å². The van der Waals surface area contributed by atoms with Gasteiger partial charge < -0.3 is 14.2 Å². The lowest BCUT2D eigenvalue weighted by molar-refractivity contribution is -0.0534. The monoisotopic (exact) mass is 515 g/mol. The highest BCUT2D eigenvalue weighted by Gasteiger charge is 2.37. The van der Waals surface area contributed by atoms with E-state index in [4.69, 9.17) is 14.2 Å². The van der Waals surface area contributed by atoms with Crippen LogP contribution in [0.3, 0.4) is 0 Å². The highest BCUT2D eigenvalue weighted by atomic mass is 32.2. The van der Waals surface area contributed by atoms with Gasteiger partial charge in [0.05, 0.1) is 24.6 Å². The Labute approximate surface area is 212 Å². The summed E-state index contributed by atoms with van der Waals surface area (Å²) in [6.07, 6.45) is 1.68. The minimum Gasteiger partial charge on any atom is -0.380 e. The SMILES string of the molecule is COC[C@H]1OCc2ccc(C)cc2-c2nnc(CS(=O)(=O)[C@@H](C)[C@@H](OC(C)C)c3ncc(C)cn3)n21. The van der Waals surface area contributed by atoms with E-state index in [1.807, 2.05) is 45.9 Å². The summed E-state index contributed by atoms with van der Waals surface area (Å²) >= 11 is 0. The number of methoxy groups -OCH3 is 1. The lowest BCUT2D eigenvalue weighted by Gasteiger charge is -2.25. The van der Waals surface area contributed by atoms with Crippen molar-refractivity contribution >= 4 is 9.84 Å². The molecule has 3 aromatic rings. The lowest BCUT2D eigenvalue weighted by Crippen LogP contribution is -2.32. The first-order chi connectivity index (χ1) is 17.1. The van der Waals surface area contributed by atoms with Gasteiger partial charge in [0.25, 0.3) is 0 Å². The van der Waals surface area contributed by atoms with Gasteiger partial charge in [0.15, 0.2) is 33.5 Å². The molecule has 0 saturated carbocycles. The molecule has 10 nitrogen and oxygen atoms in total. The fourth-order valence-corrected chi connectivity index (χ4v) is 5.56. The standard InChI is InChI=1S/C25H33N5O5S/c1-15(2)35-23(24-26-10-17(4)11-27-24)18(5)36(31,32)14-21-28-29-25-20-9-16(3)7-8-19(20)12-34-22(13-33-6)30(21)25/h7-11,15,18,22-23H,12-14H2,1-6H3/t18-,22+,23+/m0/s1. The zero-order chi connectivity index (χ0) is 26.0. The summed E-state index contributed by atoms with van der Waals surface area (Å²) in [6, 6.07) is 6.01.